The van der Waals surface area contributed by atoms with E-state index in [1.54, 1.807) is 37.4 Å². The van der Waals surface area contributed by atoms with Gasteiger partial charge in [-0.25, -0.2) is 0 Å². The quantitative estimate of drug-likeness (QED) is 0.860. The highest BCUT2D eigenvalue weighted by Gasteiger charge is 2.18. The summed E-state index contributed by atoms with van der Waals surface area (Å²) in [5, 5.41) is 2.77. The molecule has 1 aliphatic heterocycles. The lowest BCUT2D eigenvalue weighted by Gasteiger charge is -2.21. The molecule has 7 heteroatoms. The molecule has 1 N–H and O–H groups in total. The zero-order valence-electron chi connectivity index (χ0n) is 14.7. The summed E-state index contributed by atoms with van der Waals surface area (Å²) in [6, 6.07) is 12.5. The number of anilines is 1. The molecule has 0 saturated carbocycles. The molecule has 0 saturated heterocycles. The van der Waals surface area contributed by atoms with Crippen LogP contribution in [0.4, 0.5) is 5.69 Å². The Bertz CT molecular complexity index is 821. The molecular formula is C19H20N2O5. The SMILES string of the molecule is COc1cccc(NC(=O)CN(Cc2ccc3c(c2)OCO3)C(C)=O)c1. The average Bonchev–Trinajstić information content (AvgIpc) is 3.09. The molecule has 0 radical (unpaired) electrons. The van der Waals surface area contributed by atoms with Crippen LogP contribution >= 0.6 is 0 Å². The standard InChI is InChI=1S/C19H20N2O5/c1-13(22)21(10-14-6-7-17-18(8-14)26-12-25-17)11-19(23)20-15-4-3-5-16(9-15)24-2/h3-9H,10-12H2,1-2H3,(H,20,23). The van der Waals surface area contributed by atoms with Gasteiger partial charge >= 0.3 is 0 Å². The molecule has 2 aromatic rings. The second kappa shape index (κ2) is 7.77. The van der Waals surface area contributed by atoms with E-state index in [1.807, 2.05) is 12.1 Å². The maximum absolute atomic E-state index is 12.3. The van der Waals surface area contributed by atoms with Gasteiger partial charge < -0.3 is 24.4 Å². The van der Waals surface area contributed by atoms with E-state index in [1.165, 1.54) is 11.8 Å². The summed E-state index contributed by atoms with van der Waals surface area (Å²) in [5.74, 6) is 1.50. The second-order valence-electron chi connectivity index (χ2n) is 5.84. The van der Waals surface area contributed by atoms with Crippen LogP contribution in [0.2, 0.25) is 0 Å². The fourth-order valence-electron chi connectivity index (χ4n) is 2.61. The third kappa shape index (κ3) is 4.24. The van der Waals surface area contributed by atoms with Gasteiger partial charge in [0.25, 0.3) is 0 Å². The molecule has 7 nitrogen and oxygen atoms in total. The Morgan fingerprint density at radius 1 is 1.15 bits per heavy atom. The molecule has 0 aromatic heterocycles. The van der Waals surface area contributed by atoms with Crippen molar-refractivity contribution in [2.75, 3.05) is 25.8 Å². The van der Waals surface area contributed by atoms with E-state index in [2.05, 4.69) is 5.32 Å². The van der Waals surface area contributed by atoms with Gasteiger partial charge in [-0.05, 0) is 29.8 Å². The van der Waals surface area contributed by atoms with Gasteiger partial charge in [0.15, 0.2) is 11.5 Å². The van der Waals surface area contributed by atoms with Crippen LogP contribution in [0, 0.1) is 0 Å². The molecule has 0 bridgehead atoms. The maximum atomic E-state index is 12.3. The minimum atomic E-state index is -0.283. The van der Waals surface area contributed by atoms with Crippen molar-refractivity contribution in [2.45, 2.75) is 13.5 Å². The lowest BCUT2D eigenvalue weighted by molar-refractivity contribution is -0.133. The van der Waals surface area contributed by atoms with E-state index >= 15 is 0 Å². The van der Waals surface area contributed by atoms with Gasteiger partial charge in [-0.2, -0.15) is 0 Å². The number of carbonyl (C=O) groups is 2. The number of nitrogens with one attached hydrogen (secondary N) is 1. The molecule has 0 aliphatic carbocycles. The summed E-state index contributed by atoms with van der Waals surface area (Å²) in [4.78, 5) is 25.7. The number of hydrogen-bond acceptors (Lipinski definition) is 5. The van der Waals surface area contributed by atoms with Crippen LogP contribution in [0.25, 0.3) is 0 Å². The van der Waals surface area contributed by atoms with E-state index in [0.29, 0.717) is 29.5 Å². The van der Waals surface area contributed by atoms with Gasteiger partial charge in [-0.3, -0.25) is 9.59 Å². The Balaban J connectivity index is 1.64. The molecule has 2 aromatic carbocycles. The van der Waals surface area contributed by atoms with Crippen LogP contribution in [-0.4, -0.2) is 37.2 Å². The van der Waals surface area contributed by atoms with Gasteiger partial charge in [0, 0.05) is 25.2 Å². The van der Waals surface area contributed by atoms with Crippen molar-refractivity contribution < 1.29 is 23.8 Å². The van der Waals surface area contributed by atoms with Gasteiger partial charge in [0.05, 0.1) is 7.11 Å². The van der Waals surface area contributed by atoms with Crippen molar-refractivity contribution in [1.29, 1.82) is 0 Å². The summed E-state index contributed by atoms with van der Waals surface area (Å²) in [5.41, 5.74) is 1.47. The van der Waals surface area contributed by atoms with Gasteiger partial charge in [0.1, 0.15) is 12.3 Å². The molecule has 136 valence electrons. The van der Waals surface area contributed by atoms with Crippen LogP contribution in [0.1, 0.15) is 12.5 Å². The van der Waals surface area contributed by atoms with E-state index in [-0.39, 0.29) is 25.2 Å². The summed E-state index contributed by atoms with van der Waals surface area (Å²) in [6.45, 7) is 1.88. The second-order valence-corrected chi connectivity index (χ2v) is 5.84. The minimum Gasteiger partial charge on any atom is -0.497 e. The molecule has 1 aliphatic rings. The molecule has 26 heavy (non-hydrogen) atoms. The average molecular weight is 356 g/mol. The molecule has 0 fully saturated rings. The predicted octanol–water partition coefficient (Wildman–Crippen LogP) is 2.41. The number of amides is 2. The van der Waals surface area contributed by atoms with E-state index in [4.69, 9.17) is 14.2 Å². The Hall–Kier alpha value is -3.22. The molecule has 0 unspecified atom stereocenters. The largest absolute Gasteiger partial charge is 0.497 e. The first-order chi connectivity index (χ1) is 12.5. The lowest BCUT2D eigenvalue weighted by atomic mass is 10.2. The summed E-state index contributed by atoms with van der Waals surface area (Å²) >= 11 is 0. The predicted molar refractivity (Wildman–Crippen MR) is 95.3 cm³/mol. The van der Waals surface area contributed by atoms with Crippen LogP contribution in [0.5, 0.6) is 17.2 Å². The highest BCUT2D eigenvalue weighted by molar-refractivity contribution is 5.94. The van der Waals surface area contributed by atoms with Crippen molar-refractivity contribution in [1.82, 2.24) is 4.90 Å². The van der Waals surface area contributed by atoms with Gasteiger partial charge in [0.2, 0.25) is 18.6 Å². The molecule has 3 rings (SSSR count). The Labute approximate surface area is 151 Å². The number of nitrogens with zero attached hydrogens (tertiary/aromatic N) is 1. The Morgan fingerprint density at radius 2 is 1.96 bits per heavy atom. The Kier molecular flexibility index (Phi) is 5.26. The molecular weight excluding hydrogens is 336 g/mol. The van der Waals surface area contributed by atoms with Crippen molar-refractivity contribution in [2.24, 2.45) is 0 Å². The van der Waals surface area contributed by atoms with E-state index in [9.17, 15) is 9.59 Å². The number of methoxy groups -OCH3 is 1. The van der Waals surface area contributed by atoms with Gasteiger partial charge in [-0.1, -0.05) is 12.1 Å². The number of hydrogen-bond donors (Lipinski definition) is 1. The number of rotatable bonds is 6. The third-order valence-electron chi connectivity index (χ3n) is 3.94. The number of carbonyl (C=O) groups excluding carboxylic acids is 2. The maximum Gasteiger partial charge on any atom is 0.244 e. The van der Waals surface area contributed by atoms with Crippen molar-refractivity contribution >= 4 is 17.5 Å². The minimum absolute atomic E-state index is 0.0546. The topological polar surface area (TPSA) is 77.1 Å². The third-order valence-corrected chi connectivity index (χ3v) is 3.94. The monoisotopic (exact) mass is 356 g/mol. The van der Waals surface area contributed by atoms with Crippen LogP contribution in [-0.2, 0) is 16.1 Å². The van der Waals surface area contributed by atoms with E-state index < -0.39 is 0 Å². The number of benzene rings is 2. The van der Waals surface area contributed by atoms with Gasteiger partial charge in [-0.15, -0.1) is 0 Å². The number of fused-ring (bicyclic) bond motifs is 1. The zero-order valence-corrected chi connectivity index (χ0v) is 14.7. The first-order valence-corrected chi connectivity index (χ1v) is 8.13. The first-order valence-electron chi connectivity index (χ1n) is 8.13. The molecule has 0 spiro atoms. The first kappa shape index (κ1) is 17.6. The van der Waals surface area contributed by atoms with Crippen molar-refractivity contribution in [3.63, 3.8) is 0 Å². The highest BCUT2D eigenvalue weighted by Crippen LogP contribution is 2.32. The summed E-state index contributed by atoms with van der Waals surface area (Å²) in [7, 11) is 1.56. The normalized spacial score (nSPS) is 11.8. The smallest absolute Gasteiger partial charge is 0.244 e. The fourth-order valence-corrected chi connectivity index (χ4v) is 2.61. The fraction of sp³-hybridized carbons (Fsp3) is 0.263. The molecule has 1 heterocycles. The molecule has 0 atom stereocenters. The summed E-state index contributed by atoms with van der Waals surface area (Å²) in [6.07, 6.45) is 0. The Morgan fingerprint density at radius 3 is 2.73 bits per heavy atom. The zero-order chi connectivity index (χ0) is 18.5. The van der Waals surface area contributed by atoms with Crippen LogP contribution < -0.4 is 19.5 Å². The number of ether oxygens (including phenoxy) is 3. The highest BCUT2D eigenvalue weighted by atomic mass is 16.7. The summed E-state index contributed by atoms with van der Waals surface area (Å²) < 4.78 is 15.8. The molecule has 2 amide bonds. The van der Waals surface area contributed by atoms with E-state index in [0.717, 1.165) is 5.56 Å². The lowest BCUT2D eigenvalue weighted by Crippen LogP contribution is -2.36. The van der Waals surface area contributed by atoms with Crippen molar-refractivity contribution in [3.05, 3.63) is 48.0 Å². The van der Waals surface area contributed by atoms with Crippen LogP contribution in [0.15, 0.2) is 42.5 Å². The van der Waals surface area contributed by atoms with Crippen LogP contribution in [0.3, 0.4) is 0 Å². The van der Waals surface area contributed by atoms with Crippen molar-refractivity contribution in [3.8, 4) is 17.2 Å².